The number of ether oxygens (including phenoxy) is 2. The van der Waals surface area contributed by atoms with Gasteiger partial charge in [-0.05, 0) is 0 Å². The first-order valence-corrected chi connectivity index (χ1v) is 11.0. The molecule has 0 spiro atoms. The third-order valence-electron chi connectivity index (χ3n) is 1.87. The van der Waals surface area contributed by atoms with Crippen LogP contribution in [-0.2, 0) is 37.2 Å². The van der Waals surface area contributed by atoms with E-state index in [1.54, 1.807) is 0 Å². The van der Waals surface area contributed by atoms with Crippen molar-refractivity contribution in [2.24, 2.45) is 0 Å². The van der Waals surface area contributed by atoms with Crippen molar-refractivity contribution in [3.05, 3.63) is 25.7 Å². The molecule has 10 heteroatoms. The molecule has 0 saturated heterocycles. The molecule has 22 heavy (non-hydrogen) atoms. The van der Waals surface area contributed by atoms with E-state index < -0.39 is 38.9 Å². The second-order valence-electron chi connectivity index (χ2n) is 4.76. The average molecular weight is 354 g/mol. The van der Waals surface area contributed by atoms with Gasteiger partial charge >= 0.3 is 11.9 Å². The van der Waals surface area contributed by atoms with Crippen LogP contribution in [0.15, 0.2) is 25.7 Å². The lowest BCUT2D eigenvalue weighted by molar-refractivity contribution is -0.162. The molecular weight excluding hydrogens is 334 g/mol. The zero-order valence-electron chi connectivity index (χ0n) is 12.9. The molecule has 0 rings (SSSR count). The topological polar surface area (TPSA) is 105 Å². The summed E-state index contributed by atoms with van der Waals surface area (Å²) in [4.78, 5) is 23.8. The van der Waals surface area contributed by atoms with Gasteiger partial charge in [0.1, 0.15) is 0 Å². The van der Waals surface area contributed by atoms with Crippen LogP contribution < -0.4 is 0 Å². The first-order chi connectivity index (χ1) is 9.91. The molecule has 0 fully saturated rings. The lowest BCUT2D eigenvalue weighted by Gasteiger charge is -2.26. The third kappa shape index (κ3) is 8.29. The summed E-state index contributed by atoms with van der Waals surface area (Å²) in [5.74, 6) is -2.17. The van der Waals surface area contributed by atoms with Gasteiger partial charge in [0.05, 0.1) is 12.5 Å². The molecule has 126 valence electrons. The summed E-state index contributed by atoms with van der Waals surface area (Å²) in [7, 11) is -6.43. The van der Waals surface area contributed by atoms with E-state index in [2.05, 4.69) is 22.6 Å². The lowest BCUT2D eigenvalue weighted by atomic mass is 10.2. The Balaban J connectivity index is 5.68. The van der Waals surface area contributed by atoms with Gasteiger partial charge in [-0.15, -0.1) is 0 Å². The minimum Gasteiger partial charge on any atom is -0.433 e. The SMILES string of the molecule is C=COC(=O)C(OP(C)(C)=O)C(OP(C)(C)=O)C(=O)OC=C. The quantitative estimate of drug-likeness (QED) is 0.352. The summed E-state index contributed by atoms with van der Waals surface area (Å²) >= 11 is 0. The van der Waals surface area contributed by atoms with Crippen molar-refractivity contribution in [3.63, 3.8) is 0 Å². The molecule has 8 nitrogen and oxygen atoms in total. The standard InChI is InChI=1S/C12H20O8P2/c1-7-17-11(13)9(19-21(3,4)15)10(12(14)18-8-2)20-22(5,6)16/h7-10H,1-2H2,3-6H3. The summed E-state index contributed by atoms with van der Waals surface area (Å²) in [5.41, 5.74) is 0. The van der Waals surface area contributed by atoms with Crippen LogP contribution in [0.3, 0.4) is 0 Å². The second kappa shape index (κ2) is 8.44. The summed E-state index contributed by atoms with van der Waals surface area (Å²) in [6.45, 7) is 11.3. The molecule has 0 aliphatic carbocycles. The fourth-order valence-corrected chi connectivity index (χ4v) is 2.78. The van der Waals surface area contributed by atoms with Gasteiger partial charge in [0.15, 0.2) is 26.9 Å². The van der Waals surface area contributed by atoms with Crippen LogP contribution in [0.2, 0.25) is 0 Å². The Morgan fingerprint density at radius 1 is 0.818 bits per heavy atom. The number of hydrogen-bond acceptors (Lipinski definition) is 8. The molecule has 0 aromatic carbocycles. The predicted molar refractivity (Wildman–Crippen MR) is 81.2 cm³/mol. The van der Waals surface area contributed by atoms with Crippen LogP contribution >= 0.6 is 14.7 Å². The predicted octanol–water partition coefficient (Wildman–Crippen LogP) is 2.21. The van der Waals surface area contributed by atoms with Crippen molar-refractivity contribution in [1.29, 1.82) is 0 Å². The second-order valence-corrected chi connectivity index (χ2v) is 10.2. The van der Waals surface area contributed by atoms with Gasteiger partial charge < -0.3 is 18.5 Å². The fourth-order valence-electron chi connectivity index (χ4n) is 1.29. The highest BCUT2D eigenvalue weighted by atomic mass is 31.2. The molecule has 0 heterocycles. The Morgan fingerprint density at radius 2 is 1.09 bits per heavy atom. The van der Waals surface area contributed by atoms with Gasteiger partial charge in [0.2, 0.25) is 0 Å². The van der Waals surface area contributed by atoms with Crippen molar-refractivity contribution < 1.29 is 37.2 Å². The highest BCUT2D eigenvalue weighted by Gasteiger charge is 2.42. The number of esters is 2. The van der Waals surface area contributed by atoms with Crippen molar-refractivity contribution in [2.45, 2.75) is 12.2 Å². The van der Waals surface area contributed by atoms with Crippen molar-refractivity contribution >= 4 is 26.7 Å². The van der Waals surface area contributed by atoms with Crippen LogP contribution in [0.4, 0.5) is 0 Å². The zero-order chi connectivity index (χ0) is 17.6. The van der Waals surface area contributed by atoms with Gasteiger partial charge in [-0.2, -0.15) is 0 Å². The van der Waals surface area contributed by atoms with E-state index >= 15 is 0 Å². The highest BCUT2D eigenvalue weighted by molar-refractivity contribution is 7.57. The first kappa shape index (κ1) is 20.8. The summed E-state index contributed by atoms with van der Waals surface area (Å²) in [6.07, 6.45) is -1.86. The monoisotopic (exact) mass is 354 g/mol. The van der Waals surface area contributed by atoms with Gasteiger partial charge in [0.25, 0.3) is 0 Å². The smallest absolute Gasteiger partial charge is 0.343 e. The molecule has 0 N–H and O–H groups in total. The van der Waals surface area contributed by atoms with E-state index in [0.717, 1.165) is 12.5 Å². The molecule has 0 bridgehead atoms. The van der Waals surface area contributed by atoms with Crippen LogP contribution in [0.5, 0.6) is 0 Å². The maximum Gasteiger partial charge on any atom is 0.343 e. The normalized spacial score (nSPS) is 14.5. The Morgan fingerprint density at radius 3 is 1.27 bits per heavy atom. The summed E-state index contributed by atoms with van der Waals surface area (Å²) in [5, 5.41) is 0. The van der Waals surface area contributed by atoms with Crippen molar-refractivity contribution in [2.75, 3.05) is 26.7 Å². The van der Waals surface area contributed by atoms with E-state index in [-0.39, 0.29) is 0 Å². The summed E-state index contributed by atoms with van der Waals surface area (Å²) in [6, 6.07) is 0. The Hall–Kier alpha value is -1.20. The molecular formula is C12H20O8P2. The molecule has 0 aliphatic heterocycles. The van der Waals surface area contributed by atoms with Gasteiger partial charge in [0, 0.05) is 26.7 Å². The largest absolute Gasteiger partial charge is 0.433 e. The number of carbonyl (C=O) groups is 2. The minimum atomic E-state index is -3.22. The van der Waals surface area contributed by atoms with Crippen LogP contribution in [0.1, 0.15) is 0 Å². The van der Waals surface area contributed by atoms with Crippen molar-refractivity contribution in [1.82, 2.24) is 0 Å². The maximum atomic E-state index is 11.9. The molecule has 0 aliphatic rings. The maximum absolute atomic E-state index is 11.9. The Kier molecular flexibility index (Phi) is 7.98. The first-order valence-electron chi connectivity index (χ1n) is 6.01. The average Bonchev–Trinajstić information content (AvgIpc) is 2.31. The van der Waals surface area contributed by atoms with E-state index in [9.17, 15) is 18.7 Å². The van der Waals surface area contributed by atoms with Gasteiger partial charge in [-0.25, -0.2) is 9.59 Å². The third-order valence-corrected chi connectivity index (χ3v) is 3.34. The fraction of sp³-hybridized carbons (Fsp3) is 0.500. The number of hydrogen-bond donors (Lipinski definition) is 0. The number of carbonyl (C=O) groups excluding carboxylic acids is 2. The molecule has 0 aromatic heterocycles. The molecule has 2 unspecified atom stereocenters. The van der Waals surface area contributed by atoms with Crippen LogP contribution in [0, 0.1) is 0 Å². The number of rotatable bonds is 9. The van der Waals surface area contributed by atoms with E-state index in [1.807, 2.05) is 0 Å². The zero-order valence-corrected chi connectivity index (χ0v) is 14.7. The van der Waals surface area contributed by atoms with Crippen molar-refractivity contribution in [3.8, 4) is 0 Å². The minimum absolute atomic E-state index is 0.808. The summed E-state index contributed by atoms with van der Waals surface area (Å²) < 4.78 is 42.9. The molecule has 0 amide bonds. The van der Waals surface area contributed by atoms with E-state index in [0.29, 0.717) is 0 Å². The molecule has 0 saturated carbocycles. The van der Waals surface area contributed by atoms with Crippen LogP contribution in [0.25, 0.3) is 0 Å². The molecule has 0 aromatic rings. The molecule has 0 radical (unpaired) electrons. The van der Waals surface area contributed by atoms with E-state index in [4.69, 9.17) is 9.05 Å². The highest BCUT2D eigenvalue weighted by Crippen LogP contribution is 2.44. The van der Waals surface area contributed by atoms with Gasteiger partial charge in [-0.1, -0.05) is 13.2 Å². The molecule has 2 atom stereocenters. The van der Waals surface area contributed by atoms with E-state index in [1.165, 1.54) is 26.7 Å². The lowest BCUT2D eigenvalue weighted by Crippen LogP contribution is -2.43. The van der Waals surface area contributed by atoms with Crippen LogP contribution in [-0.4, -0.2) is 50.8 Å². The van der Waals surface area contributed by atoms with Gasteiger partial charge in [-0.3, -0.25) is 9.13 Å². The Labute approximate surface area is 129 Å². The Bertz CT molecular complexity index is 481.